The second kappa shape index (κ2) is 46.4. The van der Waals surface area contributed by atoms with Crippen molar-refractivity contribution in [2.24, 2.45) is 0 Å². The number of hydrogen-bond acceptors (Lipinski definition) is 5. The van der Waals surface area contributed by atoms with E-state index >= 15 is 0 Å². The van der Waals surface area contributed by atoms with Gasteiger partial charge in [0.15, 0.2) is 0 Å². The van der Waals surface area contributed by atoms with Crippen LogP contribution in [-0.4, -0.2) is 46.9 Å². The number of aliphatic hydroxyl groups excluding tert-OH is 2. The van der Waals surface area contributed by atoms with Crippen molar-refractivity contribution in [3.05, 3.63) is 24.3 Å². The van der Waals surface area contributed by atoms with Crippen molar-refractivity contribution in [1.82, 2.24) is 5.32 Å². The van der Waals surface area contributed by atoms with Gasteiger partial charge in [0.2, 0.25) is 5.91 Å². The molecule has 0 aromatic heterocycles. The zero-order valence-corrected chi connectivity index (χ0v) is 38.9. The van der Waals surface area contributed by atoms with Crippen LogP contribution in [0.25, 0.3) is 0 Å². The monoisotopic (exact) mass is 818 g/mol. The van der Waals surface area contributed by atoms with E-state index in [2.05, 4.69) is 50.4 Å². The van der Waals surface area contributed by atoms with E-state index in [1.165, 1.54) is 161 Å². The minimum atomic E-state index is -0.785. The van der Waals surface area contributed by atoms with Crippen molar-refractivity contribution >= 4 is 11.9 Å². The molecule has 0 fully saturated rings. The summed E-state index contributed by atoms with van der Waals surface area (Å²) in [6.45, 7) is 6.45. The van der Waals surface area contributed by atoms with E-state index in [4.69, 9.17) is 4.74 Å². The summed E-state index contributed by atoms with van der Waals surface area (Å²) in [5, 5.41) is 23.7. The lowest BCUT2D eigenvalue weighted by atomic mass is 10.0. The number of esters is 1. The fraction of sp³-hybridized carbons (Fsp3) is 0.885. The molecule has 0 heterocycles. The minimum Gasteiger partial charge on any atom is -0.462 e. The Morgan fingerprint density at radius 2 is 0.879 bits per heavy atom. The van der Waals surface area contributed by atoms with Crippen molar-refractivity contribution in [2.45, 2.75) is 289 Å². The highest BCUT2D eigenvalue weighted by Crippen LogP contribution is 2.18. The van der Waals surface area contributed by atoms with Gasteiger partial charge < -0.3 is 20.3 Å². The van der Waals surface area contributed by atoms with Crippen LogP contribution >= 0.6 is 0 Å². The summed E-state index contributed by atoms with van der Waals surface area (Å²) < 4.78 is 5.92. The number of rotatable bonds is 46. The van der Waals surface area contributed by atoms with Gasteiger partial charge in [0.25, 0.3) is 0 Å². The normalized spacial score (nSPS) is 13.4. The molecular weight excluding hydrogens is 719 g/mol. The summed E-state index contributed by atoms with van der Waals surface area (Å²) in [6, 6.07) is -0.698. The number of carbonyl (C=O) groups is 2. The van der Waals surface area contributed by atoms with Gasteiger partial charge in [-0.1, -0.05) is 225 Å². The summed E-state index contributed by atoms with van der Waals surface area (Å²) >= 11 is 0. The lowest BCUT2D eigenvalue weighted by Crippen LogP contribution is -2.46. The number of amides is 1. The third-order valence-electron chi connectivity index (χ3n) is 11.8. The molecule has 6 heteroatoms. The maximum Gasteiger partial charge on any atom is 0.306 e. The van der Waals surface area contributed by atoms with Gasteiger partial charge in [-0.2, -0.15) is 0 Å². The second-order valence-electron chi connectivity index (χ2n) is 17.6. The quantitative estimate of drug-likeness (QED) is 0.0323. The Hall–Kier alpha value is -1.66. The van der Waals surface area contributed by atoms with Crippen LogP contribution in [0.2, 0.25) is 0 Å². The summed E-state index contributed by atoms with van der Waals surface area (Å²) in [5.41, 5.74) is 0. The molecule has 0 spiro atoms. The van der Waals surface area contributed by atoms with Crippen LogP contribution in [0.15, 0.2) is 24.3 Å². The zero-order chi connectivity index (χ0) is 42.4. The largest absolute Gasteiger partial charge is 0.462 e. The maximum atomic E-state index is 13.2. The van der Waals surface area contributed by atoms with Crippen LogP contribution in [0.3, 0.4) is 0 Å². The highest BCUT2D eigenvalue weighted by Gasteiger charge is 2.24. The lowest BCUT2D eigenvalue weighted by Gasteiger charge is -2.24. The van der Waals surface area contributed by atoms with Crippen molar-refractivity contribution in [3.8, 4) is 0 Å². The van der Waals surface area contributed by atoms with E-state index in [0.717, 1.165) is 64.2 Å². The first-order chi connectivity index (χ1) is 28.5. The first-order valence-electron chi connectivity index (χ1n) is 25.6. The highest BCUT2D eigenvalue weighted by atomic mass is 16.5. The molecule has 0 aliphatic rings. The van der Waals surface area contributed by atoms with Gasteiger partial charge in [-0.25, -0.2) is 0 Å². The third kappa shape index (κ3) is 41.1. The van der Waals surface area contributed by atoms with E-state index in [1.54, 1.807) is 0 Å². The molecule has 1 amide bonds. The number of nitrogens with one attached hydrogen (secondary N) is 1. The summed E-state index contributed by atoms with van der Waals surface area (Å²) in [7, 11) is 0. The number of allylic oxidation sites excluding steroid dienone is 4. The molecule has 0 aromatic rings. The van der Waals surface area contributed by atoms with Crippen molar-refractivity contribution < 1.29 is 24.5 Å². The number of carbonyl (C=O) groups excluding carboxylic acids is 2. The van der Waals surface area contributed by atoms with Crippen LogP contribution in [0.1, 0.15) is 271 Å². The SMILES string of the molecule is CCCCC/C=C\C/C=C\CCCCCCCCCC(CC(=O)NC(CO)C(O)CCCCCCCCCCCCCC)OC(=O)CCCCCCCCCCCC. The molecule has 0 aromatic carbocycles. The Morgan fingerprint density at radius 1 is 0.500 bits per heavy atom. The molecule has 0 aliphatic carbocycles. The Kier molecular flexibility index (Phi) is 45.1. The molecule has 6 nitrogen and oxygen atoms in total. The molecule has 0 aliphatic heterocycles. The zero-order valence-electron chi connectivity index (χ0n) is 38.9. The van der Waals surface area contributed by atoms with Gasteiger partial charge in [0.1, 0.15) is 6.10 Å². The van der Waals surface area contributed by atoms with Gasteiger partial charge in [0.05, 0.1) is 25.2 Å². The van der Waals surface area contributed by atoms with Crippen molar-refractivity contribution in [2.75, 3.05) is 6.61 Å². The smallest absolute Gasteiger partial charge is 0.306 e. The summed E-state index contributed by atoms with van der Waals surface area (Å²) in [5.74, 6) is -0.471. The third-order valence-corrected chi connectivity index (χ3v) is 11.8. The molecule has 342 valence electrons. The van der Waals surface area contributed by atoms with E-state index in [9.17, 15) is 19.8 Å². The summed E-state index contributed by atoms with van der Waals surface area (Å²) in [4.78, 5) is 26.1. The Balaban J connectivity index is 4.55. The number of unbranched alkanes of at least 4 members (excludes halogenated alkanes) is 30. The fourth-order valence-corrected chi connectivity index (χ4v) is 7.87. The van der Waals surface area contributed by atoms with Gasteiger partial charge in [-0.05, 0) is 57.8 Å². The molecule has 0 saturated heterocycles. The molecule has 0 bridgehead atoms. The predicted molar refractivity (Wildman–Crippen MR) is 250 cm³/mol. The predicted octanol–water partition coefficient (Wildman–Crippen LogP) is 15.1. The molecule has 0 rings (SSSR count). The summed E-state index contributed by atoms with van der Waals surface area (Å²) in [6.07, 6.45) is 52.3. The molecule has 3 N–H and O–H groups in total. The molecule has 58 heavy (non-hydrogen) atoms. The van der Waals surface area contributed by atoms with E-state index in [0.29, 0.717) is 19.3 Å². The lowest BCUT2D eigenvalue weighted by molar-refractivity contribution is -0.151. The van der Waals surface area contributed by atoms with Gasteiger partial charge in [0, 0.05) is 6.42 Å². The second-order valence-corrected chi connectivity index (χ2v) is 17.6. The van der Waals surface area contributed by atoms with Crippen LogP contribution in [-0.2, 0) is 14.3 Å². The molecule has 0 saturated carbocycles. The van der Waals surface area contributed by atoms with Crippen LogP contribution in [0.5, 0.6) is 0 Å². The van der Waals surface area contributed by atoms with Crippen LogP contribution in [0.4, 0.5) is 0 Å². The molecule has 3 unspecified atom stereocenters. The van der Waals surface area contributed by atoms with E-state index < -0.39 is 18.2 Å². The molecule has 0 radical (unpaired) electrons. The molecule has 3 atom stereocenters. The number of aliphatic hydroxyl groups is 2. The van der Waals surface area contributed by atoms with Gasteiger partial charge >= 0.3 is 5.97 Å². The Labute approximate surface area is 361 Å². The number of hydrogen-bond donors (Lipinski definition) is 3. The standard InChI is InChI=1S/C52H99NO5/c1-4-7-10-13-16-19-22-24-25-26-27-28-29-31-34-37-40-43-48(58-52(57)45-42-39-36-33-21-18-15-12-9-6-3)46-51(56)53-49(47-54)50(55)44-41-38-35-32-30-23-20-17-14-11-8-5-2/h16,19,24-25,48-50,54-55H,4-15,17-18,20-23,26-47H2,1-3H3,(H,53,56)/b19-16-,25-24-. The average Bonchev–Trinajstić information content (AvgIpc) is 3.22. The van der Waals surface area contributed by atoms with Crippen LogP contribution < -0.4 is 5.32 Å². The Bertz CT molecular complexity index is 919. The first-order valence-corrected chi connectivity index (χ1v) is 25.6. The van der Waals surface area contributed by atoms with E-state index in [1.807, 2.05) is 0 Å². The van der Waals surface area contributed by atoms with Crippen LogP contribution in [0, 0.1) is 0 Å². The minimum absolute atomic E-state index is 0.0771. The maximum absolute atomic E-state index is 13.2. The van der Waals surface area contributed by atoms with Gasteiger partial charge in [-0.3, -0.25) is 9.59 Å². The topological polar surface area (TPSA) is 95.9 Å². The molecular formula is C52H99NO5. The van der Waals surface area contributed by atoms with Crippen molar-refractivity contribution in [1.29, 1.82) is 0 Å². The Morgan fingerprint density at radius 3 is 1.34 bits per heavy atom. The van der Waals surface area contributed by atoms with Crippen molar-refractivity contribution in [3.63, 3.8) is 0 Å². The fourth-order valence-electron chi connectivity index (χ4n) is 7.87. The highest BCUT2D eigenvalue weighted by molar-refractivity contribution is 5.77. The van der Waals surface area contributed by atoms with E-state index in [-0.39, 0.29) is 24.9 Å². The average molecular weight is 818 g/mol. The number of ether oxygens (including phenoxy) is 1. The first kappa shape index (κ1) is 56.3. The van der Waals surface area contributed by atoms with Gasteiger partial charge in [-0.15, -0.1) is 0 Å².